The van der Waals surface area contributed by atoms with Crippen LogP contribution in [-0.4, -0.2) is 72.4 Å². The molecule has 29 heavy (non-hydrogen) atoms. The minimum absolute atomic E-state index is 0.0460. The highest BCUT2D eigenvalue weighted by molar-refractivity contribution is 5.95. The highest BCUT2D eigenvalue weighted by Crippen LogP contribution is 2.25. The minimum Gasteiger partial charge on any atom is -0.506 e. The van der Waals surface area contributed by atoms with Gasteiger partial charge >= 0.3 is 0 Å². The standard InChI is InChI=1S/C21H27FN4O3/c1-29-20-5-3-2-4-16(20)15-23-21(24-18-14-17(22)6-7-19(18)28)26-10-8-25(9-11-26)12-13-27/h2-7,14,27-28H,8-13,15H2,1H3,(H,23,24). The Labute approximate surface area is 170 Å². The van der Waals surface area contributed by atoms with Gasteiger partial charge in [-0.1, -0.05) is 18.2 Å². The number of phenols is 1. The van der Waals surface area contributed by atoms with Gasteiger partial charge in [-0.15, -0.1) is 0 Å². The first-order chi connectivity index (χ1) is 14.1. The number of phenolic OH excluding ortho intramolecular Hbond substituents is 1. The van der Waals surface area contributed by atoms with Crippen LogP contribution in [0.15, 0.2) is 47.5 Å². The number of guanidine groups is 1. The summed E-state index contributed by atoms with van der Waals surface area (Å²) in [7, 11) is 1.62. The number of nitrogens with zero attached hydrogens (tertiary/aromatic N) is 3. The number of β-amino-alcohol motifs (C(OH)–C–C–N with tert-alkyl or cyclic N) is 1. The number of aliphatic hydroxyl groups excluding tert-OH is 1. The second-order valence-corrected chi connectivity index (χ2v) is 6.79. The van der Waals surface area contributed by atoms with Gasteiger partial charge < -0.3 is 25.2 Å². The van der Waals surface area contributed by atoms with E-state index in [1.165, 1.54) is 18.2 Å². The van der Waals surface area contributed by atoms with Crippen LogP contribution in [0.25, 0.3) is 0 Å². The molecule has 1 aliphatic heterocycles. The highest BCUT2D eigenvalue weighted by atomic mass is 19.1. The van der Waals surface area contributed by atoms with Crippen molar-refractivity contribution in [2.45, 2.75) is 6.54 Å². The van der Waals surface area contributed by atoms with Gasteiger partial charge in [-0.05, 0) is 18.2 Å². The molecule has 0 unspecified atom stereocenters. The second-order valence-electron chi connectivity index (χ2n) is 6.79. The number of hydrogen-bond acceptors (Lipinski definition) is 5. The van der Waals surface area contributed by atoms with Crippen LogP contribution < -0.4 is 10.1 Å². The molecule has 0 spiro atoms. The number of aromatic hydroxyl groups is 1. The molecule has 0 aliphatic carbocycles. The van der Waals surface area contributed by atoms with Crippen LogP contribution in [-0.2, 0) is 6.54 Å². The van der Waals surface area contributed by atoms with E-state index in [0.29, 0.717) is 32.1 Å². The number of rotatable bonds is 6. The van der Waals surface area contributed by atoms with Crippen molar-refractivity contribution in [3.05, 3.63) is 53.8 Å². The largest absolute Gasteiger partial charge is 0.506 e. The lowest BCUT2D eigenvalue weighted by Gasteiger charge is -2.36. The van der Waals surface area contributed by atoms with E-state index < -0.39 is 5.82 Å². The van der Waals surface area contributed by atoms with Gasteiger partial charge in [0.1, 0.15) is 17.3 Å². The zero-order chi connectivity index (χ0) is 20.6. The maximum absolute atomic E-state index is 13.7. The zero-order valence-corrected chi connectivity index (χ0v) is 16.5. The summed E-state index contributed by atoms with van der Waals surface area (Å²) in [5, 5.41) is 22.3. The Morgan fingerprint density at radius 3 is 2.66 bits per heavy atom. The topological polar surface area (TPSA) is 80.6 Å². The zero-order valence-electron chi connectivity index (χ0n) is 16.5. The van der Waals surface area contributed by atoms with E-state index >= 15 is 0 Å². The van der Waals surface area contributed by atoms with E-state index in [1.54, 1.807) is 7.11 Å². The lowest BCUT2D eigenvalue weighted by atomic mass is 10.2. The van der Waals surface area contributed by atoms with Gasteiger partial charge in [0.15, 0.2) is 5.96 Å². The molecule has 3 N–H and O–H groups in total. The summed E-state index contributed by atoms with van der Waals surface area (Å²) in [6.07, 6.45) is 0. The predicted octanol–water partition coefficient (Wildman–Crippen LogP) is 2.12. The van der Waals surface area contributed by atoms with E-state index in [4.69, 9.17) is 14.8 Å². The molecule has 0 amide bonds. The Kier molecular flexibility index (Phi) is 7.26. The van der Waals surface area contributed by atoms with Crippen molar-refractivity contribution in [3.63, 3.8) is 0 Å². The fourth-order valence-corrected chi connectivity index (χ4v) is 3.27. The van der Waals surface area contributed by atoms with E-state index in [2.05, 4.69) is 15.1 Å². The van der Waals surface area contributed by atoms with Gasteiger partial charge in [0, 0.05) is 44.4 Å². The maximum Gasteiger partial charge on any atom is 0.198 e. The summed E-state index contributed by atoms with van der Waals surface area (Å²) in [6.45, 7) is 4.11. The van der Waals surface area contributed by atoms with E-state index in [1.807, 2.05) is 24.3 Å². The summed E-state index contributed by atoms with van der Waals surface area (Å²) in [5.41, 5.74) is 1.19. The quantitative estimate of drug-likeness (QED) is 0.390. The number of piperazine rings is 1. The van der Waals surface area contributed by atoms with Crippen molar-refractivity contribution in [2.75, 3.05) is 51.8 Å². The summed E-state index contributed by atoms with van der Waals surface area (Å²) in [4.78, 5) is 8.95. The Bertz CT molecular complexity index is 838. The molecule has 7 nitrogen and oxygen atoms in total. The minimum atomic E-state index is -0.442. The van der Waals surface area contributed by atoms with Gasteiger partial charge in [-0.2, -0.15) is 0 Å². The van der Waals surface area contributed by atoms with Crippen LogP contribution in [0, 0.1) is 5.82 Å². The second kappa shape index (κ2) is 10.1. The Morgan fingerprint density at radius 2 is 1.93 bits per heavy atom. The van der Waals surface area contributed by atoms with Crippen LogP contribution in [0.5, 0.6) is 11.5 Å². The van der Waals surface area contributed by atoms with Gasteiger partial charge in [-0.3, -0.25) is 4.90 Å². The summed E-state index contributed by atoms with van der Waals surface area (Å²) < 4.78 is 19.1. The number of benzene rings is 2. The average molecular weight is 402 g/mol. The first-order valence-electron chi connectivity index (χ1n) is 9.60. The SMILES string of the molecule is COc1ccccc1CN=C(Nc1cc(F)ccc1O)N1CCN(CCO)CC1. The van der Waals surface area contributed by atoms with Gasteiger partial charge in [-0.25, -0.2) is 9.38 Å². The molecular weight excluding hydrogens is 375 g/mol. The smallest absolute Gasteiger partial charge is 0.198 e. The number of aliphatic imine (C=N–C) groups is 1. The molecule has 0 radical (unpaired) electrons. The fraction of sp³-hybridized carbons (Fsp3) is 0.381. The van der Waals surface area contributed by atoms with Crippen molar-refractivity contribution in [1.82, 2.24) is 9.80 Å². The molecule has 1 fully saturated rings. The average Bonchev–Trinajstić information content (AvgIpc) is 2.74. The molecule has 8 heteroatoms. The molecule has 156 valence electrons. The van der Waals surface area contributed by atoms with E-state index in [-0.39, 0.29) is 18.0 Å². The summed E-state index contributed by atoms with van der Waals surface area (Å²) in [6, 6.07) is 11.4. The van der Waals surface area contributed by atoms with Gasteiger partial charge in [0.2, 0.25) is 0 Å². The summed E-state index contributed by atoms with van der Waals surface area (Å²) >= 11 is 0. The third kappa shape index (κ3) is 5.58. The number of anilines is 1. The Hall–Kier alpha value is -2.84. The molecule has 1 saturated heterocycles. The lowest BCUT2D eigenvalue weighted by molar-refractivity contribution is 0.147. The van der Waals surface area contributed by atoms with Crippen LogP contribution in [0.1, 0.15) is 5.56 Å². The molecule has 1 aliphatic rings. The van der Waals surface area contributed by atoms with Crippen molar-refractivity contribution < 1.29 is 19.3 Å². The molecule has 2 aromatic carbocycles. The number of aliphatic hydroxyl groups is 1. The van der Waals surface area contributed by atoms with Crippen LogP contribution in [0.2, 0.25) is 0 Å². The molecule has 0 atom stereocenters. The number of nitrogens with one attached hydrogen (secondary N) is 1. The van der Waals surface area contributed by atoms with Crippen LogP contribution in [0.3, 0.4) is 0 Å². The number of halogens is 1. The number of methoxy groups -OCH3 is 1. The normalized spacial score (nSPS) is 15.4. The third-order valence-electron chi connectivity index (χ3n) is 4.88. The fourth-order valence-electron chi connectivity index (χ4n) is 3.27. The number of ether oxygens (including phenoxy) is 1. The van der Waals surface area contributed by atoms with Crippen molar-refractivity contribution in [3.8, 4) is 11.5 Å². The van der Waals surface area contributed by atoms with Crippen molar-refractivity contribution in [1.29, 1.82) is 0 Å². The molecule has 2 aromatic rings. The van der Waals surface area contributed by atoms with Gasteiger partial charge in [0.25, 0.3) is 0 Å². The molecule has 0 bridgehead atoms. The molecule has 0 saturated carbocycles. The third-order valence-corrected chi connectivity index (χ3v) is 4.88. The predicted molar refractivity (Wildman–Crippen MR) is 111 cm³/mol. The van der Waals surface area contributed by atoms with E-state index in [0.717, 1.165) is 24.4 Å². The molecule has 3 rings (SSSR count). The van der Waals surface area contributed by atoms with Crippen molar-refractivity contribution >= 4 is 11.6 Å². The molecule has 0 aromatic heterocycles. The molecular formula is C21H27FN4O3. The lowest BCUT2D eigenvalue weighted by Crippen LogP contribution is -2.51. The highest BCUT2D eigenvalue weighted by Gasteiger charge is 2.20. The number of hydrogen-bond donors (Lipinski definition) is 3. The van der Waals surface area contributed by atoms with Gasteiger partial charge in [0.05, 0.1) is 25.9 Å². The maximum atomic E-state index is 13.7. The first-order valence-corrected chi connectivity index (χ1v) is 9.60. The monoisotopic (exact) mass is 402 g/mol. The van der Waals surface area contributed by atoms with Crippen LogP contribution >= 0.6 is 0 Å². The number of para-hydroxylation sites is 1. The first kappa shape index (κ1) is 20.9. The van der Waals surface area contributed by atoms with Crippen LogP contribution in [0.4, 0.5) is 10.1 Å². The van der Waals surface area contributed by atoms with E-state index in [9.17, 15) is 9.50 Å². The Balaban J connectivity index is 1.82. The Morgan fingerprint density at radius 1 is 1.17 bits per heavy atom. The summed E-state index contributed by atoms with van der Waals surface area (Å²) in [5.74, 6) is 0.815. The van der Waals surface area contributed by atoms with Crippen molar-refractivity contribution in [2.24, 2.45) is 4.99 Å². The molecule has 1 heterocycles.